The predicted octanol–water partition coefficient (Wildman–Crippen LogP) is 4.45. The van der Waals surface area contributed by atoms with E-state index in [1.54, 1.807) is 31.3 Å². The lowest BCUT2D eigenvalue weighted by molar-refractivity contribution is -0.384. The van der Waals surface area contributed by atoms with Gasteiger partial charge in [0.25, 0.3) is 5.69 Å². The summed E-state index contributed by atoms with van der Waals surface area (Å²) >= 11 is 12.0. The Bertz CT molecular complexity index is 1020. The second-order valence-corrected chi connectivity index (χ2v) is 6.50. The average molecular weight is 406 g/mol. The number of halogens is 2. The number of carbonyl (C=O) groups excluding carboxylic acids is 1. The molecule has 0 amide bonds. The van der Waals surface area contributed by atoms with E-state index in [1.807, 2.05) is 0 Å². The van der Waals surface area contributed by atoms with E-state index in [0.717, 1.165) is 0 Å². The van der Waals surface area contributed by atoms with E-state index in [-0.39, 0.29) is 40.1 Å². The van der Waals surface area contributed by atoms with Gasteiger partial charge in [0, 0.05) is 29.8 Å². The number of ketones is 1. The Hall–Kier alpha value is -2.90. The molecule has 0 saturated carbocycles. The third-order valence-electron chi connectivity index (χ3n) is 3.83. The Kier molecular flexibility index (Phi) is 5.43. The molecule has 0 aliphatic heterocycles. The largest absolute Gasteiger partial charge is 0.472 e. The molecule has 1 heterocycles. The summed E-state index contributed by atoms with van der Waals surface area (Å²) in [4.78, 5) is 23.0. The first kappa shape index (κ1) is 18.9. The van der Waals surface area contributed by atoms with E-state index in [9.17, 15) is 14.9 Å². The van der Waals surface area contributed by atoms with Gasteiger partial charge in [0.2, 0.25) is 11.7 Å². The second kappa shape index (κ2) is 7.77. The Labute approximate surface area is 164 Å². The van der Waals surface area contributed by atoms with Crippen LogP contribution < -0.4 is 4.74 Å². The topological polar surface area (TPSA) is 87.3 Å². The number of aromatic nitrogens is 2. The van der Waals surface area contributed by atoms with Crippen molar-refractivity contribution in [2.24, 2.45) is 7.05 Å². The number of carbonyl (C=O) groups is 1. The molecule has 27 heavy (non-hydrogen) atoms. The fourth-order valence-electron chi connectivity index (χ4n) is 2.44. The lowest BCUT2D eigenvalue weighted by Crippen LogP contribution is -2.07. The highest BCUT2D eigenvalue weighted by molar-refractivity contribution is 6.37. The number of nitro benzene ring substituents is 1. The van der Waals surface area contributed by atoms with Gasteiger partial charge in [0.15, 0.2) is 0 Å². The standard InChI is InChI=1S/C18H13Cl2N3O4/c1-22-18(27-10-11-2-5-13(6-3-11)23(25)26)15(9-21-22)17(24)14-7-4-12(19)8-16(14)20/h2-9H,10H2,1H3. The highest BCUT2D eigenvalue weighted by Crippen LogP contribution is 2.27. The fourth-order valence-corrected chi connectivity index (χ4v) is 2.93. The monoisotopic (exact) mass is 405 g/mol. The van der Waals surface area contributed by atoms with Gasteiger partial charge in [-0.25, -0.2) is 4.68 Å². The van der Waals surface area contributed by atoms with Crippen molar-refractivity contribution in [2.45, 2.75) is 6.61 Å². The number of benzene rings is 2. The molecule has 0 aliphatic rings. The maximum Gasteiger partial charge on any atom is 0.269 e. The van der Waals surface area contributed by atoms with Crippen LogP contribution in [0, 0.1) is 10.1 Å². The maximum atomic E-state index is 12.8. The Balaban J connectivity index is 1.82. The maximum absolute atomic E-state index is 12.8. The molecule has 0 N–H and O–H groups in total. The minimum absolute atomic E-state index is 0.00692. The van der Waals surface area contributed by atoms with Gasteiger partial charge in [-0.05, 0) is 35.9 Å². The van der Waals surface area contributed by atoms with Crippen molar-refractivity contribution in [3.05, 3.63) is 85.5 Å². The summed E-state index contributed by atoms with van der Waals surface area (Å²) < 4.78 is 7.17. The van der Waals surface area contributed by atoms with Crippen LogP contribution in [0.25, 0.3) is 0 Å². The summed E-state index contributed by atoms with van der Waals surface area (Å²) in [6.07, 6.45) is 1.40. The Morgan fingerprint density at radius 2 is 1.89 bits per heavy atom. The number of nitro groups is 1. The summed E-state index contributed by atoms with van der Waals surface area (Å²) in [5.41, 5.74) is 1.25. The lowest BCUT2D eigenvalue weighted by atomic mass is 10.1. The first-order valence-corrected chi connectivity index (χ1v) is 8.50. The highest BCUT2D eigenvalue weighted by atomic mass is 35.5. The van der Waals surface area contributed by atoms with Crippen LogP contribution in [-0.2, 0) is 13.7 Å². The van der Waals surface area contributed by atoms with E-state index in [1.165, 1.54) is 29.1 Å². The number of rotatable bonds is 6. The van der Waals surface area contributed by atoms with Crippen molar-refractivity contribution in [2.75, 3.05) is 0 Å². The minimum atomic E-state index is -0.474. The van der Waals surface area contributed by atoms with E-state index >= 15 is 0 Å². The van der Waals surface area contributed by atoms with Gasteiger partial charge in [0.1, 0.15) is 12.2 Å². The normalized spacial score (nSPS) is 10.6. The van der Waals surface area contributed by atoms with Gasteiger partial charge in [-0.2, -0.15) is 5.10 Å². The molecule has 0 aliphatic carbocycles. The van der Waals surface area contributed by atoms with Gasteiger partial charge >= 0.3 is 0 Å². The molecule has 0 unspecified atom stereocenters. The molecule has 3 aromatic rings. The summed E-state index contributed by atoms with van der Waals surface area (Å²) in [5, 5.41) is 15.4. The summed E-state index contributed by atoms with van der Waals surface area (Å²) in [7, 11) is 1.64. The second-order valence-electron chi connectivity index (χ2n) is 5.65. The molecule has 7 nitrogen and oxygen atoms in total. The van der Waals surface area contributed by atoms with Crippen LogP contribution >= 0.6 is 23.2 Å². The number of nitrogens with zero attached hydrogens (tertiary/aromatic N) is 3. The zero-order valence-corrected chi connectivity index (χ0v) is 15.6. The average Bonchev–Trinajstić information content (AvgIpc) is 3.00. The SMILES string of the molecule is Cn1ncc(C(=O)c2ccc(Cl)cc2Cl)c1OCc1ccc([N+](=O)[O-])cc1. The van der Waals surface area contributed by atoms with Crippen molar-refractivity contribution in [3.63, 3.8) is 0 Å². The smallest absolute Gasteiger partial charge is 0.269 e. The van der Waals surface area contributed by atoms with Gasteiger partial charge in [-0.1, -0.05) is 23.2 Å². The van der Waals surface area contributed by atoms with Crippen LogP contribution in [0.1, 0.15) is 21.5 Å². The quantitative estimate of drug-likeness (QED) is 0.343. The van der Waals surface area contributed by atoms with Crippen molar-refractivity contribution >= 4 is 34.7 Å². The molecule has 138 valence electrons. The third-order valence-corrected chi connectivity index (χ3v) is 4.38. The van der Waals surface area contributed by atoms with Crippen molar-refractivity contribution in [3.8, 4) is 5.88 Å². The first-order chi connectivity index (χ1) is 12.9. The van der Waals surface area contributed by atoms with Crippen molar-refractivity contribution in [1.29, 1.82) is 0 Å². The zero-order chi connectivity index (χ0) is 19.6. The fraction of sp³-hybridized carbons (Fsp3) is 0.111. The van der Waals surface area contributed by atoms with E-state index in [2.05, 4.69) is 5.10 Å². The molecule has 9 heteroatoms. The van der Waals surface area contributed by atoms with Crippen LogP contribution in [0.5, 0.6) is 5.88 Å². The van der Waals surface area contributed by atoms with E-state index in [4.69, 9.17) is 27.9 Å². The molecular formula is C18H13Cl2N3O4. The molecular weight excluding hydrogens is 393 g/mol. The molecule has 0 saturated heterocycles. The van der Waals surface area contributed by atoms with E-state index in [0.29, 0.717) is 10.6 Å². The predicted molar refractivity (Wildman–Crippen MR) is 101 cm³/mol. The van der Waals surface area contributed by atoms with Gasteiger partial charge in [0.05, 0.1) is 16.1 Å². The molecule has 0 fully saturated rings. The number of non-ortho nitro benzene ring substituents is 1. The van der Waals surface area contributed by atoms with Gasteiger partial charge < -0.3 is 4.74 Å². The Morgan fingerprint density at radius 3 is 2.52 bits per heavy atom. The van der Waals surface area contributed by atoms with Crippen molar-refractivity contribution in [1.82, 2.24) is 9.78 Å². The summed E-state index contributed by atoms with van der Waals surface area (Å²) in [6, 6.07) is 10.6. The molecule has 1 aromatic heterocycles. The lowest BCUT2D eigenvalue weighted by Gasteiger charge is -2.09. The van der Waals surface area contributed by atoms with Gasteiger partial charge in [-0.15, -0.1) is 0 Å². The Morgan fingerprint density at radius 1 is 1.19 bits per heavy atom. The number of aryl methyl sites for hydroxylation is 1. The van der Waals surface area contributed by atoms with E-state index < -0.39 is 4.92 Å². The first-order valence-electron chi connectivity index (χ1n) is 7.74. The highest BCUT2D eigenvalue weighted by Gasteiger charge is 2.21. The third kappa shape index (κ3) is 4.10. The van der Waals surface area contributed by atoms with Crippen LogP contribution in [0.4, 0.5) is 5.69 Å². The van der Waals surface area contributed by atoms with Crippen LogP contribution in [0.3, 0.4) is 0 Å². The zero-order valence-electron chi connectivity index (χ0n) is 14.1. The van der Waals surface area contributed by atoms with Crippen LogP contribution in [0.2, 0.25) is 10.0 Å². The molecule has 0 bridgehead atoms. The van der Waals surface area contributed by atoms with Crippen LogP contribution in [-0.4, -0.2) is 20.5 Å². The van der Waals surface area contributed by atoms with Crippen molar-refractivity contribution < 1.29 is 14.5 Å². The molecule has 3 rings (SSSR count). The molecule has 0 radical (unpaired) electrons. The number of ether oxygens (including phenoxy) is 1. The minimum Gasteiger partial charge on any atom is -0.472 e. The number of hydrogen-bond donors (Lipinski definition) is 0. The molecule has 0 atom stereocenters. The summed E-state index contributed by atoms with van der Waals surface area (Å²) in [6.45, 7) is 0.117. The number of hydrogen-bond acceptors (Lipinski definition) is 5. The molecule has 0 spiro atoms. The summed E-state index contributed by atoms with van der Waals surface area (Å²) in [5.74, 6) is -0.0761. The van der Waals surface area contributed by atoms with Gasteiger partial charge in [-0.3, -0.25) is 14.9 Å². The molecule has 2 aromatic carbocycles. The van der Waals surface area contributed by atoms with Crippen LogP contribution in [0.15, 0.2) is 48.7 Å².